The fourth-order valence-corrected chi connectivity index (χ4v) is 0. The zero-order valence-electron chi connectivity index (χ0n) is 2.06. The summed E-state index contributed by atoms with van der Waals surface area (Å²) in [5.41, 5.74) is 0. The van der Waals surface area contributed by atoms with Crippen molar-refractivity contribution < 1.29 is 27.2 Å². The van der Waals surface area contributed by atoms with Gasteiger partial charge in [-0.3, -0.25) is 0 Å². The van der Waals surface area contributed by atoms with Crippen LogP contribution in [0.5, 0.6) is 0 Å². The molecule has 0 bridgehead atoms. The monoisotopic (exact) mass is 297 g/mol. The Morgan fingerprint density at radius 2 is 1.00 bits per heavy atom. The van der Waals surface area contributed by atoms with Crippen LogP contribution in [-0.4, -0.2) is 49.3 Å². The second-order valence-electron chi connectivity index (χ2n) is 0. The van der Waals surface area contributed by atoms with Crippen molar-refractivity contribution in [1.82, 2.24) is 0 Å². The van der Waals surface area contributed by atoms with Crippen LogP contribution in [0.15, 0.2) is 0 Å². The Bertz CT molecular complexity index is 8.00. The summed E-state index contributed by atoms with van der Waals surface area (Å²) in [7, 11) is 0. The van der Waals surface area contributed by atoms with Gasteiger partial charge in [-0.2, -0.15) is 0 Å². The summed E-state index contributed by atoms with van der Waals surface area (Å²) < 4.78 is 0. The number of hydrogen-bond acceptors (Lipinski definition) is 0. The smallest absolute Gasteiger partial charge is 2.00 e. The predicted octanol–water partition coefficient (Wildman–Crippen LogP) is -0.883. The molecule has 0 unspecified atom stereocenters. The van der Waals surface area contributed by atoms with E-state index in [0.29, 0.717) is 0 Å². The molecule has 1 nitrogen and oxygen atoms in total. The molecule has 2 radical (unpaired) electrons. The Morgan fingerprint density at radius 3 is 1.00 bits per heavy atom. The van der Waals surface area contributed by atoms with Gasteiger partial charge in [0.05, 0.1) is 0 Å². The van der Waals surface area contributed by atoms with E-state index in [1.54, 1.807) is 0 Å². The van der Waals surface area contributed by atoms with Crippen LogP contribution >= 0.6 is 0 Å². The first-order valence-corrected chi connectivity index (χ1v) is 0. The molecule has 0 atom stereocenters. The van der Waals surface area contributed by atoms with Gasteiger partial charge in [-0.15, -0.1) is 0 Å². The third-order valence-electron chi connectivity index (χ3n) is 0. The predicted molar refractivity (Wildman–Crippen MR) is 12.2 cm³/mol. The van der Waals surface area contributed by atoms with E-state index in [2.05, 4.69) is 0 Å². The molecule has 0 fully saturated rings. The minimum atomic E-state index is 0. The van der Waals surface area contributed by atoms with Gasteiger partial charge in [0.15, 0.2) is 0 Å². The molecule has 10 valence electrons. The molecular formula is BiMgOTi+7. The summed E-state index contributed by atoms with van der Waals surface area (Å²) >= 11 is 0. The van der Waals surface area contributed by atoms with Gasteiger partial charge in [0.1, 0.15) is 0 Å². The van der Waals surface area contributed by atoms with Crippen molar-refractivity contribution in [2.45, 2.75) is 0 Å². The molecule has 4 heavy (non-hydrogen) atoms. The molecule has 0 aromatic carbocycles. The van der Waals surface area contributed by atoms with Crippen LogP contribution in [0.25, 0.3) is 0 Å². The summed E-state index contributed by atoms with van der Waals surface area (Å²) in [4.78, 5) is 0. The third-order valence-corrected chi connectivity index (χ3v) is 0. The fourth-order valence-electron chi connectivity index (χ4n) is 0. The van der Waals surface area contributed by atoms with E-state index in [1.165, 1.54) is 0 Å². The molecule has 0 saturated heterocycles. The topological polar surface area (TPSA) is 28.5 Å². The molecule has 0 aromatic rings. The van der Waals surface area contributed by atoms with Crippen LogP contribution in [0.2, 0.25) is 0 Å². The molecule has 0 heterocycles. The Kier molecular flexibility index (Phi) is 153. The largest absolute Gasteiger partial charge is 4.00 e. The van der Waals surface area contributed by atoms with Crippen molar-refractivity contribution in [2.75, 3.05) is 0 Å². The van der Waals surface area contributed by atoms with Crippen molar-refractivity contribution in [2.24, 2.45) is 0 Å². The summed E-state index contributed by atoms with van der Waals surface area (Å²) in [5.74, 6) is 0. The summed E-state index contributed by atoms with van der Waals surface area (Å²) in [6.07, 6.45) is 0. The number of rotatable bonds is 0. The van der Waals surface area contributed by atoms with Gasteiger partial charge < -0.3 is 5.48 Å². The van der Waals surface area contributed by atoms with Gasteiger partial charge in [0, 0.05) is 0 Å². The fraction of sp³-hybridized carbons (Fsp3) is 0. The molecule has 0 rings (SSSR count). The van der Waals surface area contributed by atoms with Crippen molar-refractivity contribution in [3.05, 3.63) is 0 Å². The van der Waals surface area contributed by atoms with Gasteiger partial charge >= 0.3 is 71.0 Å². The standard InChI is InChI=1S/Bi.Mg.O.Ti/q+3;+2;-2;+4. The maximum atomic E-state index is 0. The SMILES string of the molecule is [Bi+3].[Mg+2].[O-2].[Ti+4]. The summed E-state index contributed by atoms with van der Waals surface area (Å²) in [6, 6.07) is 0. The molecular weight excluding hydrogens is 297 g/mol. The van der Waals surface area contributed by atoms with Gasteiger partial charge in [-0.05, 0) is 0 Å². The minimum Gasteiger partial charge on any atom is -2.00 e. The Morgan fingerprint density at radius 1 is 1.00 bits per heavy atom. The van der Waals surface area contributed by atoms with Gasteiger partial charge in [-0.1, -0.05) is 0 Å². The Hall–Kier alpha value is 2.32. The van der Waals surface area contributed by atoms with E-state index in [9.17, 15) is 0 Å². The van der Waals surface area contributed by atoms with Gasteiger partial charge in [0.25, 0.3) is 0 Å². The van der Waals surface area contributed by atoms with Crippen molar-refractivity contribution in [3.8, 4) is 0 Å². The Labute approximate surface area is 75.4 Å². The third kappa shape index (κ3) is 8.85. The molecule has 0 N–H and O–H groups in total. The first-order chi connectivity index (χ1) is 0. The molecule has 0 aliphatic carbocycles. The van der Waals surface area contributed by atoms with E-state index in [-0.39, 0.29) is 76.5 Å². The zero-order chi connectivity index (χ0) is 0. The van der Waals surface area contributed by atoms with Gasteiger partial charge in [-0.25, -0.2) is 0 Å². The van der Waals surface area contributed by atoms with Crippen LogP contribution in [-0.2, 0) is 27.2 Å². The van der Waals surface area contributed by atoms with Crippen LogP contribution in [0, 0.1) is 0 Å². The average Bonchev–Trinajstić information content (AvgIpc) is 0. The summed E-state index contributed by atoms with van der Waals surface area (Å²) in [6.45, 7) is 0. The molecule has 0 amide bonds. The first kappa shape index (κ1) is 33.2. The molecule has 0 spiro atoms. The summed E-state index contributed by atoms with van der Waals surface area (Å²) in [5, 5.41) is 0. The van der Waals surface area contributed by atoms with Crippen LogP contribution < -0.4 is 0 Å². The van der Waals surface area contributed by atoms with Gasteiger partial charge in [0.2, 0.25) is 0 Å². The minimum absolute atomic E-state index is 0. The van der Waals surface area contributed by atoms with E-state index < -0.39 is 0 Å². The van der Waals surface area contributed by atoms with Crippen molar-refractivity contribution in [1.29, 1.82) is 0 Å². The molecule has 0 aromatic heterocycles. The van der Waals surface area contributed by atoms with Crippen molar-refractivity contribution >= 4 is 49.3 Å². The first-order valence-electron chi connectivity index (χ1n) is 0. The van der Waals surface area contributed by atoms with Crippen LogP contribution in [0.3, 0.4) is 0 Å². The van der Waals surface area contributed by atoms with Crippen LogP contribution in [0.4, 0.5) is 0 Å². The maximum absolute atomic E-state index is 0. The second-order valence-corrected chi connectivity index (χ2v) is 0. The molecule has 0 aliphatic heterocycles. The molecule has 0 aliphatic rings. The van der Waals surface area contributed by atoms with E-state index in [4.69, 9.17) is 0 Å². The second kappa shape index (κ2) is 18.4. The maximum Gasteiger partial charge on any atom is 4.00 e. The molecule has 4 heteroatoms. The van der Waals surface area contributed by atoms with E-state index >= 15 is 0 Å². The molecule has 0 saturated carbocycles. The van der Waals surface area contributed by atoms with Crippen molar-refractivity contribution in [3.63, 3.8) is 0 Å². The number of hydrogen-bond donors (Lipinski definition) is 0. The van der Waals surface area contributed by atoms with E-state index in [0.717, 1.165) is 0 Å². The van der Waals surface area contributed by atoms with Crippen LogP contribution in [0.1, 0.15) is 0 Å². The van der Waals surface area contributed by atoms with E-state index in [1.807, 2.05) is 0 Å². The zero-order valence-corrected chi connectivity index (χ0v) is 8.52. The quantitative estimate of drug-likeness (QED) is 0.520. The normalized spacial score (nSPS) is 0. The Balaban J connectivity index is 0. The average molecular weight is 297 g/mol.